The van der Waals surface area contributed by atoms with Gasteiger partial charge in [-0.15, -0.1) is 0 Å². The lowest BCUT2D eigenvalue weighted by Crippen LogP contribution is -2.41. The van der Waals surface area contributed by atoms with Crippen LogP contribution < -0.4 is 0 Å². The van der Waals surface area contributed by atoms with Gasteiger partial charge >= 0.3 is 17.9 Å². The van der Waals surface area contributed by atoms with Crippen LogP contribution in [0.5, 0.6) is 0 Å². The van der Waals surface area contributed by atoms with Gasteiger partial charge in [-0.25, -0.2) is 14.4 Å². The van der Waals surface area contributed by atoms with E-state index < -0.39 is 17.9 Å². The molecule has 0 N–H and O–H groups in total. The number of ether oxygens (including phenoxy) is 3. The molecular formula is C16H23NO6. The molecule has 0 aliphatic heterocycles. The van der Waals surface area contributed by atoms with E-state index in [1.807, 2.05) is 11.8 Å². The molecule has 1 atom stereocenters. The highest BCUT2D eigenvalue weighted by Gasteiger charge is 2.16. The Hall–Kier alpha value is -2.41. The van der Waals surface area contributed by atoms with Gasteiger partial charge < -0.3 is 14.2 Å². The van der Waals surface area contributed by atoms with Gasteiger partial charge in [0.2, 0.25) is 0 Å². The van der Waals surface area contributed by atoms with Crippen LogP contribution in [0, 0.1) is 0 Å². The van der Waals surface area contributed by atoms with Crippen molar-refractivity contribution in [3.05, 3.63) is 38.0 Å². The third kappa shape index (κ3) is 10.0. The quantitative estimate of drug-likeness (QED) is 0.299. The zero-order chi connectivity index (χ0) is 17.7. The number of hydrogen-bond donors (Lipinski definition) is 0. The fourth-order valence-electron chi connectivity index (χ4n) is 1.56. The Kier molecular flexibility index (Phi) is 10.9. The van der Waals surface area contributed by atoms with Crippen LogP contribution in [-0.2, 0) is 28.6 Å². The van der Waals surface area contributed by atoms with E-state index in [1.54, 1.807) is 0 Å². The SMILES string of the molecule is C=CC(=O)OCCN(CCOC(=O)C=C)C(C)COC(=O)C=C. The van der Waals surface area contributed by atoms with Crippen molar-refractivity contribution >= 4 is 17.9 Å². The average Bonchev–Trinajstić information content (AvgIpc) is 2.57. The average molecular weight is 325 g/mol. The molecule has 0 saturated heterocycles. The van der Waals surface area contributed by atoms with Gasteiger partial charge in [-0.3, -0.25) is 4.90 Å². The first-order valence-corrected chi connectivity index (χ1v) is 7.06. The first-order valence-electron chi connectivity index (χ1n) is 7.06. The van der Waals surface area contributed by atoms with Crippen LogP contribution in [0.3, 0.4) is 0 Å². The summed E-state index contributed by atoms with van der Waals surface area (Å²) in [4.78, 5) is 35.0. The van der Waals surface area contributed by atoms with Crippen LogP contribution in [0.2, 0.25) is 0 Å². The van der Waals surface area contributed by atoms with Crippen molar-refractivity contribution in [2.75, 3.05) is 32.9 Å². The van der Waals surface area contributed by atoms with Crippen molar-refractivity contribution in [3.63, 3.8) is 0 Å². The van der Waals surface area contributed by atoms with E-state index in [1.165, 1.54) is 0 Å². The Balaban J connectivity index is 4.43. The number of esters is 3. The molecule has 0 aromatic carbocycles. The van der Waals surface area contributed by atoms with Crippen LogP contribution in [-0.4, -0.2) is 61.8 Å². The molecule has 0 radical (unpaired) electrons. The van der Waals surface area contributed by atoms with Crippen LogP contribution in [0.25, 0.3) is 0 Å². The monoisotopic (exact) mass is 325 g/mol. The summed E-state index contributed by atoms with van der Waals surface area (Å²) >= 11 is 0. The lowest BCUT2D eigenvalue weighted by atomic mass is 10.3. The second-order valence-electron chi connectivity index (χ2n) is 4.46. The highest BCUT2D eigenvalue weighted by Crippen LogP contribution is 2.01. The fourth-order valence-corrected chi connectivity index (χ4v) is 1.56. The zero-order valence-corrected chi connectivity index (χ0v) is 13.4. The largest absolute Gasteiger partial charge is 0.461 e. The Morgan fingerprint density at radius 2 is 1.26 bits per heavy atom. The van der Waals surface area contributed by atoms with E-state index in [0.29, 0.717) is 13.1 Å². The Morgan fingerprint density at radius 1 is 0.870 bits per heavy atom. The minimum absolute atomic E-state index is 0.135. The first kappa shape index (κ1) is 20.6. The second kappa shape index (κ2) is 12.2. The minimum Gasteiger partial charge on any atom is -0.461 e. The molecule has 0 rings (SSSR count). The summed E-state index contributed by atoms with van der Waals surface area (Å²) in [5.41, 5.74) is 0. The van der Waals surface area contributed by atoms with Gasteiger partial charge in [0.25, 0.3) is 0 Å². The summed E-state index contributed by atoms with van der Waals surface area (Å²) < 4.78 is 14.8. The molecular weight excluding hydrogens is 302 g/mol. The van der Waals surface area contributed by atoms with Gasteiger partial charge in [-0.05, 0) is 6.92 Å². The third-order valence-electron chi connectivity index (χ3n) is 2.84. The molecule has 23 heavy (non-hydrogen) atoms. The second-order valence-corrected chi connectivity index (χ2v) is 4.46. The van der Waals surface area contributed by atoms with Gasteiger partial charge in [0, 0.05) is 37.4 Å². The Morgan fingerprint density at radius 3 is 1.65 bits per heavy atom. The molecule has 128 valence electrons. The van der Waals surface area contributed by atoms with Gasteiger partial charge in [-0.2, -0.15) is 0 Å². The topological polar surface area (TPSA) is 82.1 Å². The molecule has 7 heteroatoms. The standard InChI is InChI=1S/C16H23NO6/c1-5-14(18)21-10-8-17(9-11-22-15(19)6-2)13(4)12-23-16(20)7-3/h5-7,13H,1-3,8-12H2,4H3. The van der Waals surface area contributed by atoms with Crippen molar-refractivity contribution in [2.45, 2.75) is 13.0 Å². The summed E-state index contributed by atoms with van der Waals surface area (Å²) in [7, 11) is 0. The smallest absolute Gasteiger partial charge is 0.330 e. The molecule has 0 bridgehead atoms. The van der Waals surface area contributed by atoms with Crippen molar-refractivity contribution < 1.29 is 28.6 Å². The minimum atomic E-state index is -0.520. The highest BCUT2D eigenvalue weighted by molar-refractivity contribution is 5.81. The van der Waals surface area contributed by atoms with E-state index in [0.717, 1.165) is 18.2 Å². The predicted molar refractivity (Wildman–Crippen MR) is 84.5 cm³/mol. The summed E-state index contributed by atoms with van der Waals surface area (Å²) in [6.45, 7) is 13.0. The normalized spacial score (nSPS) is 11.2. The molecule has 0 aliphatic carbocycles. The molecule has 7 nitrogen and oxygen atoms in total. The van der Waals surface area contributed by atoms with Crippen LogP contribution in [0.4, 0.5) is 0 Å². The molecule has 0 saturated carbocycles. The van der Waals surface area contributed by atoms with E-state index in [-0.39, 0.29) is 25.9 Å². The van der Waals surface area contributed by atoms with Gasteiger partial charge in [0.05, 0.1) is 0 Å². The zero-order valence-electron chi connectivity index (χ0n) is 13.4. The van der Waals surface area contributed by atoms with Gasteiger partial charge in [-0.1, -0.05) is 19.7 Å². The molecule has 0 fully saturated rings. The molecule has 0 aromatic heterocycles. The van der Waals surface area contributed by atoms with Crippen molar-refractivity contribution in [1.82, 2.24) is 4.90 Å². The van der Waals surface area contributed by atoms with Crippen molar-refractivity contribution in [1.29, 1.82) is 0 Å². The molecule has 0 aromatic rings. The number of nitrogens with zero attached hydrogens (tertiary/aromatic N) is 1. The van der Waals surface area contributed by atoms with Gasteiger partial charge in [0.15, 0.2) is 0 Å². The third-order valence-corrected chi connectivity index (χ3v) is 2.84. The van der Waals surface area contributed by atoms with Crippen LogP contribution >= 0.6 is 0 Å². The predicted octanol–water partition coefficient (Wildman–Crippen LogP) is 0.864. The summed E-state index contributed by atoms with van der Waals surface area (Å²) in [6.07, 6.45) is 3.23. The van der Waals surface area contributed by atoms with Crippen LogP contribution in [0.1, 0.15) is 6.92 Å². The number of rotatable bonds is 12. The first-order chi connectivity index (χ1) is 10.9. The fraction of sp³-hybridized carbons (Fsp3) is 0.438. The van der Waals surface area contributed by atoms with E-state index >= 15 is 0 Å². The van der Waals surface area contributed by atoms with E-state index in [2.05, 4.69) is 19.7 Å². The van der Waals surface area contributed by atoms with Crippen molar-refractivity contribution in [2.24, 2.45) is 0 Å². The maximum absolute atomic E-state index is 11.1. The summed E-state index contributed by atoms with van der Waals surface area (Å²) in [6, 6.07) is -0.163. The Labute approximate surface area is 136 Å². The highest BCUT2D eigenvalue weighted by atomic mass is 16.5. The van der Waals surface area contributed by atoms with Crippen molar-refractivity contribution in [3.8, 4) is 0 Å². The molecule has 0 heterocycles. The van der Waals surface area contributed by atoms with Gasteiger partial charge in [0.1, 0.15) is 19.8 Å². The molecule has 0 amide bonds. The lowest BCUT2D eigenvalue weighted by Gasteiger charge is -2.28. The molecule has 1 unspecified atom stereocenters. The molecule has 0 aliphatic rings. The summed E-state index contributed by atoms with van der Waals surface area (Å²) in [5, 5.41) is 0. The van der Waals surface area contributed by atoms with E-state index in [9.17, 15) is 14.4 Å². The summed E-state index contributed by atoms with van der Waals surface area (Å²) in [5.74, 6) is -1.56. The van der Waals surface area contributed by atoms with E-state index in [4.69, 9.17) is 14.2 Å². The Bertz CT molecular complexity index is 420. The maximum Gasteiger partial charge on any atom is 0.330 e. The van der Waals surface area contributed by atoms with Crippen LogP contribution in [0.15, 0.2) is 38.0 Å². The number of hydrogen-bond acceptors (Lipinski definition) is 7. The number of carbonyl (C=O) groups is 3. The maximum atomic E-state index is 11.1. The lowest BCUT2D eigenvalue weighted by molar-refractivity contribution is -0.140. The number of carbonyl (C=O) groups excluding carboxylic acids is 3. The molecule has 0 spiro atoms.